The largest absolute Gasteiger partial charge is 0.383 e. The molecular formula is C16H24BrNO. The van der Waals surface area contributed by atoms with Crippen LogP contribution in [0.3, 0.4) is 0 Å². The highest BCUT2D eigenvalue weighted by Gasteiger charge is 2.24. The zero-order valence-corrected chi connectivity index (χ0v) is 13.4. The Kier molecular flexibility index (Phi) is 5.71. The van der Waals surface area contributed by atoms with Gasteiger partial charge in [-0.25, -0.2) is 0 Å². The molecule has 19 heavy (non-hydrogen) atoms. The average molecular weight is 326 g/mol. The normalized spacial score (nSPS) is 27.2. The second-order valence-electron chi connectivity index (χ2n) is 5.70. The fraction of sp³-hybridized carbons (Fsp3) is 0.625. The van der Waals surface area contributed by atoms with Crippen molar-refractivity contribution in [2.45, 2.75) is 39.2 Å². The van der Waals surface area contributed by atoms with Gasteiger partial charge in [0.2, 0.25) is 0 Å². The summed E-state index contributed by atoms with van der Waals surface area (Å²) in [6.45, 7) is 6.37. The third-order valence-corrected chi connectivity index (χ3v) is 4.65. The number of nitrogens with one attached hydrogen (secondary N) is 1. The van der Waals surface area contributed by atoms with Gasteiger partial charge < -0.3 is 10.1 Å². The molecule has 0 aliphatic heterocycles. The highest BCUT2D eigenvalue weighted by Crippen LogP contribution is 2.30. The molecule has 1 aromatic carbocycles. The lowest BCUT2D eigenvalue weighted by Gasteiger charge is -2.32. The molecular weight excluding hydrogens is 302 g/mol. The van der Waals surface area contributed by atoms with E-state index in [-0.39, 0.29) is 0 Å². The topological polar surface area (TPSA) is 21.3 Å². The highest BCUT2D eigenvalue weighted by molar-refractivity contribution is 9.10. The molecule has 0 heterocycles. The summed E-state index contributed by atoms with van der Waals surface area (Å²) in [5.41, 5.74) is 1.14. The molecule has 0 amide bonds. The van der Waals surface area contributed by atoms with Gasteiger partial charge in [-0.2, -0.15) is 0 Å². The van der Waals surface area contributed by atoms with Crippen LogP contribution in [0.2, 0.25) is 0 Å². The van der Waals surface area contributed by atoms with Crippen LogP contribution in [0.4, 0.5) is 5.69 Å². The smallest absolute Gasteiger partial charge is 0.0642 e. The molecule has 106 valence electrons. The summed E-state index contributed by atoms with van der Waals surface area (Å²) < 4.78 is 7.08. The fourth-order valence-corrected chi connectivity index (χ4v) is 3.07. The van der Waals surface area contributed by atoms with Gasteiger partial charge in [0, 0.05) is 16.7 Å². The van der Waals surface area contributed by atoms with Gasteiger partial charge in [-0.05, 0) is 49.3 Å². The Bertz CT molecular complexity index is 396. The number of rotatable bonds is 5. The number of hydrogen-bond donors (Lipinski definition) is 1. The van der Waals surface area contributed by atoms with Crippen molar-refractivity contribution in [2.75, 3.05) is 18.5 Å². The molecule has 1 aromatic rings. The molecule has 0 spiro atoms. The van der Waals surface area contributed by atoms with E-state index >= 15 is 0 Å². The standard InChI is InChI=1S/C16H24BrNO/c1-12-6-7-16(10-13(12)2)19-9-8-18-15-5-3-4-14(17)11-15/h3-5,11-13,16,18H,6-10H2,1-2H3. The Labute approximate surface area is 125 Å². The van der Waals surface area contributed by atoms with Crippen molar-refractivity contribution in [3.63, 3.8) is 0 Å². The van der Waals surface area contributed by atoms with Crippen molar-refractivity contribution in [3.05, 3.63) is 28.7 Å². The van der Waals surface area contributed by atoms with E-state index in [1.54, 1.807) is 0 Å². The minimum Gasteiger partial charge on any atom is -0.383 e. The second kappa shape index (κ2) is 7.30. The lowest BCUT2D eigenvalue weighted by atomic mass is 9.80. The minimum atomic E-state index is 0.468. The van der Waals surface area contributed by atoms with Crippen LogP contribution in [0.1, 0.15) is 33.1 Å². The van der Waals surface area contributed by atoms with E-state index in [1.165, 1.54) is 19.3 Å². The Morgan fingerprint density at radius 1 is 1.26 bits per heavy atom. The zero-order valence-electron chi connectivity index (χ0n) is 11.9. The van der Waals surface area contributed by atoms with Crippen LogP contribution in [0.25, 0.3) is 0 Å². The van der Waals surface area contributed by atoms with Crippen molar-refractivity contribution < 1.29 is 4.74 Å². The van der Waals surface area contributed by atoms with Gasteiger partial charge in [0.05, 0.1) is 12.7 Å². The van der Waals surface area contributed by atoms with E-state index in [4.69, 9.17) is 4.74 Å². The van der Waals surface area contributed by atoms with Crippen molar-refractivity contribution >= 4 is 21.6 Å². The molecule has 2 nitrogen and oxygen atoms in total. The molecule has 3 unspecified atom stereocenters. The van der Waals surface area contributed by atoms with Gasteiger partial charge in [0.1, 0.15) is 0 Å². The molecule has 3 atom stereocenters. The number of hydrogen-bond acceptors (Lipinski definition) is 2. The Hall–Kier alpha value is -0.540. The van der Waals surface area contributed by atoms with Gasteiger partial charge in [-0.1, -0.05) is 35.8 Å². The SMILES string of the molecule is CC1CCC(OCCNc2cccc(Br)c2)CC1C. The monoisotopic (exact) mass is 325 g/mol. The molecule has 1 fully saturated rings. The maximum Gasteiger partial charge on any atom is 0.0642 e. The van der Waals surface area contributed by atoms with E-state index in [9.17, 15) is 0 Å². The lowest BCUT2D eigenvalue weighted by Crippen LogP contribution is -2.28. The van der Waals surface area contributed by atoms with Crippen LogP contribution < -0.4 is 5.32 Å². The first-order valence-electron chi connectivity index (χ1n) is 7.26. The molecule has 1 aliphatic carbocycles. The number of benzene rings is 1. The maximum atomic E-state index is 5.98. The number of ether oxygens (including phenoxy) is 1. The fourth-order valence-electron chi connectivity index (χ4n) is 2.67. The Morgan fingerprint density at radius 3 is 2.84 bits per heavy atom. The molecule has 0 bridgehead atoms. The third kappa shape index (κ3) is 4.81. The minimum absolute atomic E-state index is 0.468. The van der Waals surface area contributed by atoms with E-state index in [0.717, 1.165) is 35.1 Å². The average Bonchev–Trinajstić information content (AvgIpc) is 2.39. The van der Waals surface area contributed by atoms with Crippen molar-refractivity contribution in [1.29, 1.82) is 0 Å². The first kappa shape index (κ1) is 14.9. The zero-order chi connectivity index (χ0) is 13.7. The summed E-state index contributed by atoms with van der Waals surface area (Å²) in [6, 6.07) is 8.24. The molecule has 1 aliphatic rings. The quantitative estimate of drug-likeness (QED) is 0.792. The predicted molar refractivity (Wildman–Crippen MR) is 84.6 cm³/mol. The summed E-state index contributed by atoms with van der Waals surface area (Å²) in [5.74, 6) is 1.66. The molecule has 0 saturated heterocycles. The number of anilines is 1. The summed E-state index contributed by atoms with van der Waals surface area (Å²) in [4.78, 5) is 0. The summed E-state index contributed by atoms with van der Waals surface area (Å²) in [5, 5.41) is 3.39. The van der Waals surface area contributed by atoms with Crippen LogP contribution >= 0.6 is 15.9 Å². The van der Waals surface area contributed by atoms with E-state index in [1.807, 2.05) is 12.1 Å². The van der Waals surface area contributed by atoms with Crippen molar-refractivity contribution in [1.82, 2.24) is 0 Å². The molecule has 0 radical (unpaired) electrons. The molecule has 1 N–H and O–H groups in total. The van der Waals surface area contributed by atoms with Crippen molar-refractivity contribution in [2.24, 2.45) is 11.8 Å². The van der Waals surface area contributed by atoms with Crippen LogP contribution in [0.15, 0.2) is 28.7 Å². The first-order chi connectivity index (χ1) is 9.15. The van der Waals surface area contributed by atoms with Crippen molar-refractivity contribution in [3.8, 4) is 0 Å². The first-order valence-corrected chi connectivity index (χ1v) is 8.05. The van der Waals surface area contributed by atoms with E-state index in [0.29, 0.717) is 6.10 Å². The Morgan fingerprint density at radius 2 is 2.11 bits per heavy atom. The van der Waals surface area contributed by atoms with Crippen LogP contribution in [-0.2, 0) is 4.74 Å². The lowest BCUT2D eigenvalue weighted by molar-refractivity contribution is 0.00778. The molecule has 0 aromatic heterocycles. The predicted octanol–water partition coefficient (Wildman–Crippen LogP) is 4.70. The highest BCUT2D eigenvalue weighted by atomic mass is 79.9. The summed E-state index contributed by atoms with van der Waals surface area (Å²) in [7, 11) is 0. The van der Waals surface area contributed by atoms with Gasteiger partial charge in [-0.3, -0.25) is 0 Å². The van der Waals surface area contributed by atoms with Crippen LogP contribution in [0, 0.1) is 11.8 Å². The number of halogens is 1. The van der Waals surface area contributed by atoms with Gasteiger partial charge in [0.15, 0.2) is 0 Å². The van der Waals surface area contributed by atoms with Crippen LogP contribution in [-0.4, -0.2) is 19.3 Å². The molecule has 1 saturated carbocycles. The summed E-state index contributed by atoms with van der Waals surface area (Å²) in [6.07, 6.45) is 4.22. The molecule has 3 heteroatoms. The van der Waals surface area contributed by atoms with E-state index < -0.39 is 0 Å². The van der Waals surface area contributed by atoms with Gasteiger partial charge in [-0.15, -0.1) is 0 Å². The van der Waals surface area contributed by atoms with E-state index in [2.05, 4.69) is 47.2 Å². The maximum absolute atomic E-state index is 5.98. The van der Waals surface area contributed by atoms with Gasteiger partial charge >= 0.3 is 0 Å². The van der Waals surface area contributed by atoms with Gasteiger partial charge in [0.25, 0.3) is 0 Å². The molecule has 2 rings (SSSR count). The second-order valence-corrected chi connectivity index (χ2v) is 6.61. The summed E-state index contributed by atoms with van der Waals surface area (Å²) >= 11 is 3.47. The Balaban J connectivity index is 1.64. The van der Waals surface area contributed by atoms with Crippen LogP contribution in [0.5, 0.6) is 0 Å². The third-order valence-electron chi connectivity index (χ3n) is 4.16.